The van der Waals surface area contributed by atoms with Crippen molar-refractivity contribution in [1.29, 1.82) is 0 Å². The Morgan fingerprint density at radius 3 is 2.61 bits per heavy atom. The molecule has 1 heterocycles. The van der Waals surface area contributed by atoms with Gasteiger partial charge in [-0.3, -0.25) is 0 Å². The number of fused-ring (bicyclic) bond motifs is 1. The molecule has 0 aromatic heterocycles. The highest BCUT2D eigenvalue weighted by atomic mass is 16.6. The van der Waals surface area contributed by atoms with Gasteiger partial charge >= 0.3 is 0 Å². The first-order chi connectivity index (χ1) is 8.70. The third kappa shape index (κ3) is 3.15. The minimum Gasteiger partial charge on any atom is -0.486 e. The monoisotopic (exact) mass is 250 g/mol. The lowest BCUT2D eigenvalue weighted by atomic mass is 10.0. The van der Waals surface area contributed by atoms with Crippen molar-refractivity contribution in [1.82, 2.24) is 5.32 Å². The Kier molecular flexibility index (Phi) is 4.44. The third-order valence-corrected chi connectivity index (χ3v) is 3.23. The number of hydrogen-bond acceptors (Lipinski definition) is 4. The van der Waals surface area contributed by atoms with E-state index in [1.165, 1.54) is 5.56 Å². The van der Waals surface area contributed by atoms with Crippen LogP contribution in [0.5, 0.6) is 11.5 Å². The Morgan fingerprint density at radius 2 is 1.94 bits per heavy atom. The van der Waals surface area contributed by atoms with E-state index in [2.05, 4.69) is 25.2 Å². The van der Waals surface area contributed by atoms with E-state index in [-0.39, 0.29) is 0 Å². The highest BCUT2D eigenvalue weighted by Gasteiger charge is 2.13. The van der Waals surface area contributed by atoms with E-state index < -0.39 is 0 Å². The van der Waals surface area contributed by atoms with Crippen LogP contribution in [0.2, 0.25) is 0 Å². The summed E-state index contributed by atoms with van der Waals surface area (Å²) in [5.74, 6) is 2.21. The Balaban J connectivity index is 1.97. The van der Waals surface area contributed by atoms with E-state index in [4.69, 9.17) is 15.2 Å². The number of nitrogens with two attached hydrogens (primary N) is 1. The van der Waals surface area contributed by atoms with Gasteiger partial charge in [-0.1, -0.05) is 19.9 Å². The summed E-state index contributed by atoms with van der Waals surface area (Å²) in [6.45, 7) is 7.07. The molecule has 0 radical (unpaired) electrons. The van der Waals surface area contributed by atoms with Gasteiger partial charge in [0.25, 0.3) is 0 Å². The second-order valence-electron chi connectivity index (χ2n) is 4.95. The molecule has 1 aromatic rings. The van der Waals surface area contributed by atoms with Crippen molar-refractivity contribution in [3.8, 4) is 11.5 Å². The zero-order valence-electron chi connectivity index (χ0n) is 11.1. The first-order valence-electron chi connectivity index (χ1n) is 6.52. The molecule has 3 N–H and O–H groups in total. The molecule has 1 aliphatic rings. The lowest BCUT2D eigenvalue weighted by molar-refractivity contribution is 0.171. The molecule has 0 saturated carbocycles. The molecule has 0 spiro atoms. The average Bonchev–Trinajstić information content (AvgIpc) is 2.39. The Bertz CT molecular complexity index is 393. The zero-order chi connectivity index (χ0) is 13.0. The van der Waals surface area contributed by atoms with Crippen molar-refractivity contribution in [3.63, 3.8) is 0 Å². The van der Waals surface area contributed by atoms with Gasteiger partial charge in [0.15, 0.2) is 11.5 Å². The molecule has 4 nitrogen and oxygen atoms in total. The van der Waals surface area contributed by atoms with Crippen molar-refractivity contribution in [3.05, 3.63) is 23.8 Å². The van der Waals surface area contributed by atoms with Crippen molar-refractivity contribution in [2.24, 2.45) is 11.7 Å². The molecular formula is C14H22N2O2. The van der Waals surface area contributed by atoms with Crippen LogP contribution in [-0.2, 0) is 6.54 Å². The summed E-state index contributed by atoms with van der Waals surface area (Å²) in [7, 11) is 0. The fourth-order valence-corrected chi connectivity index (χ4v) is 2.04. The minimum atomic E-state index is 0.346. The van der Waals surface area contributed by atoms with E-state index in [0.29, 0.717) is 31.7 Å². The van der Waals surface area contributed by atoms with Crippen LogP contribution >= 0.6 is 0 Å². The van der Waals surface area contributed by atoms with E-state index in [0.717, 1.165) is 18.0 Å². The van der Waals surface area contributed by atoms with Gasteiger partial charge in [-0.2, -0.15) is 0 Å². The van der Waals surface area contributed by atoms with Gasteiger partial charge in [0, 0.05) is 19.1 Å². The maximum absolute atomic E-state index is 5.74. The smallest absolute Gasteiger partial charge is 0.161 e. The highest BCUT2D eigenvalue weighted by molar-refractivity contribution is 5.43. The van der Waals surface area contributed by atoms with Gasteiger partial charge in [0.1, 0.15) is 13.2 Å². The number of nitrogens with one attached hydrogen (secondary N) is 1. The van der Waals surface area contributed by atoms with Crippen LogP contribution in [0.15, 0.2) is 18.2 Å². The SMILES string of the molecule is CC(C)C(CN)NCc1ccc2c(c1)OCCO2. The van der Waals surface area contributed by atoms with Gasteiger partial charge < -0.3 is 20.5 Å². The van der Waals surface area contributed by atoms with Crippen LogP contribution in [0.25, 0.3) is 0 Å². The molecule has 0 aliphatic carbocycles. The summed E-state index contributed by atoms with van der Waals surface area (Å²) in [6.07, 6.45) is 0. The second-order valence-corrected chi connectivity index (χ2v) is 4.95. The van der Waals surface area contributed by atoms with Gasteiger partial charge in [0.05, 0.1) is 0 Å². The molecule has 0 amide bonds. The first-order valence-corrected chi connectivity index (χ1v) is 6.52. The Labute approximate surface area is 108 Å². The number of ether oxygens (including phenoxy) is 2. The molecule has 1 aliphatic heterocycles. The van der Waals surface area contributed by atoms with E-state index in [1.807, 2.05) is 12.1 Å². The van der Waals surface area contributed by atoms with E-state index in [1.54, 1.807) is 0 Å². The number of rotatable bonds is 5. The first kappa shape index (κ1) is 13.2. The molecule has 1 unspecified atom stereocenters. The Morgan fingerprint density at radius 1 is 1.22 bits per heavy atom. The summed E-state index contributed by atoms with van der Waals surface area (Å²) >= 11 is 0. The molecule has 100 valence electrons. The molecule has 4 heteroatoms. The minimum absolute atomic E-state index is 0.346. The standard InChI is InChI=1S/C14H22N2O2/c1-10(2)12(8-15)16-9-11-3-4-13-14(7-11)18-6-5-17-13/h3-4,7,10,12,16H,5-6,8-9,15H2,1-2H3. The summed E-state index contributed by atoms with van der Waals surface area (Å²) in [6, 6.07) is 6.42. The lowest BCUT2D eigenvalue weighted by Gasteiger charge is -2.22. The predicted molar refractivity (Wildman–Crippen MR) is 72.0 cm³/mol. The van der Waals surface area contributed by atoms with Gasteiger partial charge in [-0.05, 0) is 23.6 Å². The maximum atomic E-state index is 5.74. The highest BCUT2D eigenvalue weighted by Crippen LogP contribution is 2.30. The Hall–Kier alpha value is -1.26. The van der Waals surface area contributed by atoms with Gasteiger partial charge in [-0.25, -0.2) is 0 Å². The molecule has 0 fully saturated rings. The summed E-state index contributed by atoms with van der Waals surface area (Å²) in [5, 5.41) is 3.47. The van der Waals surface area contributed by atoms with Gasteiger partial charge in [-0.15, -0.1) is 0 Å². The summed E-state index contributed by atoms with van der Waals surface area (Å²) in [4.78, 5) is 0. The average molecular weight is 250 g/mol. The van der Waals surface area contributed by atoms with E-state index >= 15 is 0 Å². The normalized spacial score (nSPS) is 15.8. The quantitative estimate of drug-likeness (QED) is 0.832. The number of hydrogen-bond donors (Lipinski definition) is 2. The van der Waals surface area contributed by atoms with Crippen LogP contribution in [0.1, 0.15) is 19.4 Å². The molecule has 0 saturated heterocycles. The van der Waals surface area contributed by atoms with Crippen molar-refractivity contribution < 1.29 is 9.47 Å². The second kappa shape index (κ2) is 6.07. The van der Waals surface area contributed by atoms with Crippen molar-refractivity contribution in [2.75, 3.05) is 19.8 Å². The van der Waals surface area contributed by atoms with Crippen molar-refractivity contribution >= 4 is 0 Å². The zero-order valence-corrected chi connectivity index (χ0v) is 11.1. The predicted octanol–water partition coefficient (Wildman–Crippen LogP) is 1.53. The fourth-order valence-electron chi connectivity index (χ4n) is 2.04. The molecule has 1 aromatic carbocycles. The summed E-state index contributed by atoms with van der Waals surface area (Å²) < 4.78 is 11.1. The lowest BCUT2D eigenvalue weighted by Crippen LogP contribution is -2.39. The van der Waals surface area contributed by atoms with Crippen LogP contribution < -0.4 is 20.5 Å². The number of benzene rings is 1. The van der Waals surface area contributed by atoms with Crippen molar-refractivity contribution in [2.45, 2.75) is 26.4 Å². The van der Waals surface area contributed by atoms with Gasteiger partial charge in [0.2, 0.25) is 0 Å². The van der Waals surface area contributed by atoms with Crippen LogP contribution in [0, 0.1) is 5.92 Å². The maximum Gasteiger partial charge on any atom is 0.161 e. The van der Waals surface area contributed by atoms with Crippen LogP contribution in [-0.4, -0.2) is 25.8 Å². The molecule has 2 rings (SSSR count). The van der Waals surface area contributed by atoms with Crippen LogP contribution in [0.3, 0.4) is 0 Å². The van der Waals surface area contributed by atoms with E-state index in [9.17, 15) is 0 Å². The largest absolute Gasteiger partial charge is 0.486 e. The molecule has 1 atom stereocenters. The fraction of sp³-hybridized carbons (Fsp3) is 0.571. The molecular weight excluding hydrogens is 228 g/mol. The topological polar surface area (TPSA) is 56.5 Å². The molecule has 18 heavy (non-hydrogen) atoms. The molecule has 0 bridgehead atoms. The van der Waals surface area contributed by atoms with Crippen LogP contribution in [0.4, 0.5) is 0 Å². The summed E-state index contributed by atoms with van der Waals surface area (Å²) in [5.41, 5.74) is 6.93. The third-order valence-electron chi connectivity index (χ3n) is 3.23.